The van der Waals surface area contributed by atoms with Gasteiger partial charge in [0.1, 0.15) is 11.1 Å². The lowest BCUT2D eigenvalue weighted by Gasteiger charge is -2.33. The number of thioether (sulfide) groups is 1. The topological polar surface area (TPSA) is 71.8 Å². The first kappa shape index (κ1) is 18.5. The van der Waals surface area contributed by atoms with Gasteiger partial charge in [0, 0.05) is 12.1 Å². The summed E-state index contributed by atoms with van der Waals surface area (Å²) in [5.74, 6) is 0.295. The highest BCUT2D eigenvalue weighted by atomic mass is 32.2. The number of benzene rings is 2. The molecule has 0 unspecified atom stereocenters. The molecule has 0 saturated heterocycles. The molecule has 28 heavy (non-hydrogen) atoms. The average molecular weight is 397 g/mol. The fourth-order valence-electron chi connectivity index (χ4n) is 3.10. The molecular formula is C20H20FN5OS. The van der Waals surface area contributed by atoms with Gasteiger partial charge < -0.3 is 10.7 Å². The second-order valence-electron chi connectivity index (χ2n) is 6.64. The zero-order valence-electron chi connectivity index (χ0n) is 15.5. The van der Waals surface area contributed by atoms with Gasteiger partial charge in [-0.25, -0.2) is 9.07 Å². The van der Waals surface area contributed by atoms with E-state index in [1.54, 1.807) is 12.1 Å². The van der Waals surface area contributed by atoms with Crippen LogP contribution in [-0.4, -0.2) is 26.0 Å². The van der Waals surface area contributed by atoms with Crippen LogP contribution in [0.4, 0.5) is 10.1 Å². The molecule has 1 amide bonds. The van der Waals surface area contributed by atoms with Gasteiger partial charge in [-0.2, -0.15) is 0 Å². The van der Waals surface area contributed by atoms with Gasteiger partial charge in [0.25, 0.3) is 0 Å². The maximum absolute atomic E-state index is 13.2. The van der Waals surface area contributed by atoms with E-state index in [1.165, 1.54) is 23.9 Å². The second kappa shape index (κ2) is 7.63. The lowest BCUT2D eigenvalue weighted by Crippen LogP contribution is -2.41. The third-order valence-electron chi connectivity index (χ3n) is 4.63. The molecule has 4 rings (SSSR count). The zero-order chi connectivity index (χ0) is 19.7. The largest absolute Gasteiger partial charge is 0.325 e. The van der Waals surface area contributed by atoms with E-state index in [2.05, 4.69) is 20.9 Å². The standard InChI is InChI=1S/C20H20FN5OS/c1-3-16-23-24-20-26(16)25-17(13-6-4-12(2)5-7-13)18(28-20)19(27)22-15-10-8-14(21)9-11-15/h4-11,17-18,25H,3H2,1-2H3,(H,22,27)/t17-,18+/m0/s1. The van der Waals surface area contributed by atoms with Crippen molar-refractivity contribution in [2.24, 2.45) is 0 Å². The Bertz CT molecular complexity index is 987. The molecule has 1 aliphatic heterocycles. The maximum atomic E-state index is 13.2. The molecule has 1 aliphatic rings. The van der Waals surface area contributed by atoms with Crippen LogP contribution in [0, 0.1) is 12.7 Å². The van der Waals surface area contributed by atoms with Crippen LogP contribution in [0.2, 0.25) is 0 Å². The smallest absolute Gasteiger partial charge is 0.240 e. The Labute approximate surface area is 166 Å². The molecule has 2 aromatic carbocycles. The lowest BCUT2D eigenvalue weighted by atomic mass is 10.0. The van der Waals surface area contributed by atoms with E-state index in [1.807, 2.05) is 42.8 Å². The van der Waals surface area contributed by atoms with Crippen LogP contribution in [0.5, 0.6) is 0 Å². The van der Waals surface area contributed by atoms with E-state index in [0.29, 0.717) is 10.8 Å². The fraction of sp³-hybridized carbons (Fsp3) is 0.250. The van der Waals surface area contributed by atoms with Crippen LogP contribution in [0.1, 0.15) is 29.9 Å². The minimum Gasteiger partial charge on any atom is -0.325 e. The van der Waals surface area contributed by atoms with Gasteiger partial charge in [0.2, 0.25) is 11.1 Å². The van der Waals surface area contributed by atoms with E-state index in [9.17, 15) is 9.18 Å². The van der Waals surface area contributed by atoms with E-state index >= 15 is 0 Å². The highest BCUT2D eigenvalue weighted by Gasteiger charge is 2.37. The Morgan fingerprint density at radius 3 is 2.57 bits per heavy atom. The molecule has 0 aliphatic carbocycles. The Kier molecular flexibility index (Phi) is 5.04. The minimum absolute atomic E-state index is 0.179. The van der Waals surface area contributed by atoms with E-state index in [0.717, 1.165) is 23.4 Å². The van der Waals surface area contributed by atoms with Crippen molar-refractivity contribution < 1.29 is 9.18 Å². The first-order valence-corrected chi connectivity index (χ1v) is 9.93. The summed E-state index contributed by atoms with van der Waals surface area (Å²) in [6, 6.07) is 13.6. The number of hydrogen-bond acceptors (Lipinski definition) is 5. The number of amides is 1. The van der Waals surface area contributed by atoms with Crippen molar-refractivity contribution in [2.45, 2.75) is 36.7 Å². The normalized spacial score (nSPS) is 18.2. The average Bonchev–Trinajstić information content (AvgIpc) is 3.11. The predicted molar refractivity (Wildman–Crippen MR) is 107 cm³/mol. The Morgan fingerprint density at radius 1 is 1.18 bits per heavy atom. The Morgan fingerprint density at radius 2 is 1.89 bits per heavy atom. The lowest BCUT2D eigenvalue weighted by molar-refractivity contribution is -0.116. The minimum atomic E-state index is -0.464. The first-order valence-electron chi connectivity index (χ1n) is 9.05. The number of fused-ring (bicyclic) bond motifs is 1. The molecule has 6 nitrogen and oxygen atoms in total. The summed E-state index contributed by atoms with van der Waals surface area (Å²) >= 11 is 1.37. The van der Waals surface area contributed by atoms with Crippen molar-refractivity contribution in [1.29, 1.82) is 0 Å². The fourth-order valence-corrected chi connectivity index (χ4v) is 4.20. The number of rotatable bonds is 4. The first-order chi connectivity index (χ1) is 13.5. The molecule has 0 saturated carbocycles. The monoisotopic (exact) mass is 397 g/mol. The van der Waals surface area contributed by atoms with Crippen LogP contribution in [-0.2, 0) is 11.2 Å². The van der Waals surface area contributed by atoms with E-state index in [-0.39, 0.29) is 17.8 Å². The van der Waals surface area contributed by atoms with Crippen LogP contribution in [0.25, 0.3) is 0 Å². The molecule has 2 atom stereocenters. The molecular weight excluding hydrogens is 377 g/mol. The van der Waals surface area contributed by atoms with Crippen LogP contribution < -0.4 is 10.7 Å². The molecule has 8 heteroatoms. The molecule has 0 fully saturated rings. The van der Waals surface area contributed by atoms with Crippen LogP contribution in [0.15, 0.2) is 53.7 Å². The highest BCUT2D eigenvalue weighted by molar-refractivity contribution is 8.00. The van der Waals surface area contributed by atoms with Gasteiger partial charge in [0.05, 0.1) is 6.04 Å². The molecule has 144 valence electrons. The van der Waals surface area contributed by atoms with Crippen LogP contribution >= 0.6 is 11.8 Å². The van der Waals surface area contributed by atoms with Crippen LogP contribution in [0.3, 0.4) is 0 Å². The van der Waals surface area contributed by atoms with Gasteiger partial charge in [-0.05, 0) is 36.8 Å². The van der Waals surface area contributed by atoms with Crippen molar-refractivity contribution in [1.82, 2.24) is 14.9 Å². The number of nitrogens with one attached hydrogen (secondary N) is 2. The summed E-state index contributed by atoms with van der Waals surface area (Å²) in [7, 11) is 0. The van der Waals surface area contributed by atoms with Crippen molar-refractivity contribution in [3.8, 4) is 0 Å². The molecule has 1 aromatic heterocycles. The van der Waals surface area contributed by atoms with Crippen molar-refractivity contribution in [3.05, 3.63) is 71.3 Å². The summed E-state index contributed by atoms with van der Waals surface area (Å²) in [6.45, 7) is 4.04. The summed E-state index contributed by atoms with van der Waals surface area (Å²) in [5.41, 5.74) is 6.11. The van der Waals surface area contributed by atoms with Crippen molar-refractivity contribution >= 4 is 23.4 Å². The molecule has 0 bridgehead atoms. The molecule has 2 heterocycles. The van der Waals surface area contributed by atoms with Crippen molar-refractivity contribution in [2.75, 3.05) is 10.7 Å². The third-order valence-corrected chi connectivity index (χ3v) is 5.84. The molecule has 0 radical (unpaired) electrons. The Hall–Kier alpha value is -2.87. The number of anilines is 1. The number of nitrogens with zero attached hydrogens (tertiary/aromatic N) is 3. The molecule has 0 spiro atoms. The SMILES string of the molecule is CCc1nnc2n1N[C@@H](c1ccc(C)cc1)[C@H](C(=O)Nc1ccc(F)cc1)S2. The van der Waals surface area contributed by atoms with Gasteiger partial charge in [-0.1, -0.05) is 48.5 Å². The van der Waals surface area contributed by atoms with E-state index < -0.39 is 5.25 Å². The number of aromatic nitrogens is 3. The van der Waals surface area contributed by atoms with Gasteiger partial charge in [0.15, 0.2) is 5.82 Å². The summed E-state index contributed by atoms with van der Waals surface area (Å²) in [4.78, 5) is 13.1. The number of aryl methyl sites for hydroxylation is 2. The van der Waals surface area contributed by atoms with Gasteiger partial charge in [-0.15, -0.1) is 10.2 Å². The Balaban J connectivity index is 1.66. The summed E-state index contributed by atoms with van der Waals surface area (Å²) in [5, 5.41) is 11.5. The van der Waals surface area contributed by atoms with E-state index in [4.69, 9.17) is 0 Å². The molecule has 3 aromatic rings. The molecule has 2 N–H and O–H groups in total. The second-order valence-corrected chi connectivity index (χ2v) is 7.75. The number of halogens is 1. The number of hydrogen-bond donors (Lipinski definition) is 2. The maximum Gasteiger partial charge on any atom is 0.240 e. The quantitative estimate of drug-likeness (QED) is 0.703. The summed E-state index contributed by atoms with van der Waals surface area (Å²) < 4.78 is 15.0. The number of carbonyl (C=O) groups is 1. The summed E-state index contributed by atoms with van der Waals surface area (Å²) in [6.07, 6.45) is 0.730. The zero-order valence-corrected chi connectivity index (χ0v) is 16.3. The third kappa shape index (κ3) is 3.60. The van der Waals surface area contributed by atoms with Gasteiger partial charge in [-0.3, -0.25) is 4.79 Å². The predicted octanol–water partition coefficient (Wildman–Crippen LogP) is 3.69. The van der Waals surface area contributed by atoms with Gasteiger partial charge >= 0.3 is 0 Å². The highest BCUT2D eigenvalue weighted by Crippen LogP contribution is 2.37. The van der Waals surface area contributed by atoms with Crippen molar-refractivity contribution in [3.63, 3.8) is 0 Å². The number of carbonyl (C=O) groups excluding carboxylic acids is 1.